The Balaban J connectivity index is 0.000000140. The molecule has 0 saturated carbocycles. The number of hydrogen-bond acceptors (Lipinski definition) is 7. The molecule has 0 amide bonds. The van der Waals surface area contributed by atoms with E-state index < -0.39 is 0 Å². The van der Waals surface area contributed by atoms with Crippen LogP contribution in [0.4, 0.5) is 0 Å². The third-order valence-corrected chi connectivity index (χ3v) is 25.9. The van der Waals surface area contributed by atoms with Gasteiger partial charge in [0, 0.05) is 191 Å². The van der Waals surface area contributed by atoms with Gasteiger partial charge in [-0.15, -0.1) is 144 Å². The third-order valence-electron chi connectivity index (χ3n) is 25.9. The quantitative estimate of drug-likeness (QED) is 0.0699. The first kappa shape index (κ1) is 101. The molecule has 0 unspecified atom stereocenters. The molecule has 7 heterocycles. The van der Waals surface area contributed by atoms with Crippen LogP contribution in [0.5, 0.6) is 0 Å². The predicted octanol–water partition coefficient (Wildman–Crippen LogP) is 33.6. The van der Waals surface area contributed by atoms with Crippen molar-refractivity contribution in [3.63, 3.8) is 0 Å². The third kappa shape index (κ3) is 20.4. The molecule has 4 radical (unpaired) electrons. The molecule has 0 spiro atoms. The molecule has 0 aliphatic rings. The number of para-hydroxylation sites is 4. The topological polar surface area (TPSA) is 111 Å². The van der Waals surface area contributed by atoms with Gasteiger partial charge in [0.05, 0.1) is 23.3 Å². The van der Waals surface area contributed by atoms with Gasteiger partial charge in [-0.25, -0.2) is 0 Å². The van der Waals surface area contributed by atoms with Gasteiger partial charge < -0.3 is 31.5 Å². The van der Waals surface area contributed by atoms with Gasteiger partial charge >= 0.3 is 0 Å². The van der Waals surface area contributed by atoms with Crippen LogP contribution >= 0.6 is 0 Å². The molecule has 0 bridgehead atoms. The van der Waals surface area contributed by atoms with Crippen LogP contribution in [0.1, 0.15) is 177 Å². The monoisotopic (exact) mass is 2530 g/mol. The predicted molar refractivity (Wildman–Crippen MR) is 558 cm³/mol. The van der Waals surface area contributed by atoms with Gasteiger partial charge in [0.25, 0.3) is 0 Å². The molecule has 15 heteroatoms. The maximum absolute atomic E-state index is 6.40. The summed E-state index contributed by atoms with van der Waals surface area (Å²) in [6.07, 6.45) is 17.8. The summed E-state index contributed by atoms with van der Waals surface area (Å²) >= 11 is 0. The van der Waals surface area contributed by atoms with E-state index >= 15 is 0 Å². The van der Waals surface area contributed by atoms with Gasteiger partial charge in [-0.1, -0.05) is 224 Å². The zero-order valence-electron chi connectivity index (χ0n) is 80.5. The SMILES string of the molecule is CC(C)c1cc(-c2ccc3c(c2)oc2ccccc23)cc(C(C)C)c1-n1ccnc1-c1[c-]cccc1.CC(C)c1cc(-c2ccc3oc4ccccc4c3c2)cc(C(C)C)c1-n1ccnc1-c1[c-]cccc1.CC(C)c1cc(-c2cccc3c2oc2ccccc23)cc(C(C)C)c1-n1ccnc1-c1[c-]cccc1.CCc1ccc(-c2ccccc2)c(CC)c1-n1ccnc1-c1[c-]cccc1.[Ir].[Ir].[Ir].[Ir]. The minimum Gasteiger partial charge on any atom is -0.456 e. The van der Waals surface area contributed by atoms with E-state index in [0.717, 1.165) is 130 Å². The average molecular weight is 2530 g/mol. The minimum atomic E-state index is 0. The first-order valence-electron chi connectivity index (χ1n) is 47.4. The number of imidazole rings is 4. The van der Waals surface area contributed by atoms with Gasteiger partial charge in [0.15, 0.2) is 0 Å². The van der Waals surface area contributed by atoms with Crippen LogP contribution in [0, 0.1) is 24.3 Å². The van der Waals surface area contributed by atoms with Crippen LogP contribution in [-0.2, 0) is 93.3 Å². The number of fused-ring (bicyclic) bond motifs is 9. The molecule has 139 heavy (non-hydrogen) atoms. The van der Waals surface area contributed by atoms with Gasteiger partial charge in [0.1, 0.15) is 33.5 Å². The fraction of sp³-hybridized carbons (Fsp3) is 0.177. The Hall–Kier alpha value is -12.9. The molecule has 0 aliphatic carbocycles. The van der Waals surface area contributed by atoms with Crippen molar-refractivity contribution in [2.24, 2.45) is 0 Å². The number of nitrogens with zero attached hydrogens (tertiary/aromatic N) is 8. The van der Waals surface area contributed by atoms with Crippen LogP contribution in [0.25, 0.3) is 179 Å². The van der Waals surface area contributed by atoms with Gasteiger partial charge in [0.2, 0.25) is 0 Å². The molecule has 0 saturated heterocycles. The van der Waals surface area contributed by atoms with E-state index in [-0.39, 0.29) is 80.4 Å². The number of hydrogen-bond donors (Lipinski definition) is 0. The summed E-state index contributed by atoms with van der Waals surface area (Å²) in [5, 5.41) is 6.93. The van der Waals surface area contributed by atoms with Crippen molar-refractivity contribution >= 4 is 65.8 Å². The van der Waals surface area contributed by atoms with Crippen molar-refractivity contribution in [3.8, 4) is 113 Å². The number of benzene rings is 15. The Bertz CT molecular complexity index is 7870. The summed E-state index contributed by atoms with van der Waals surface area (Å²) in [6, 6.07) is 119. The standard InChI is InChI=1S/3C33H29N2O.C25H23N2.4Ir/c1-21(2)28-19-24(25-14-10-15-27-26-13-8-9-16-30(26)36-32(25)27)20-29(22(3)4)31(28)35-18-17-34-33(35)23-11-6-5-7-12-23;1-21(2)28-18-25(24-14-15-27-26-12-8-9-13-30(26)36-31(27)20-24)19-29(22(3)4)32(28)35-17-16-34-33(35)23-10-6-5-7-11-23;1-21(2)27-19-25(24-14-15-31-29(18-24)26-12-8-9-13-30(26)36-31)20-28(22(3)4)32(27)35-17-16-34-33(35)23-10-6-5-7-11-23;1-3-19-15-16-23(20-11-7-5-8-12-20)22(4-2)24(19)27-18-17-26-25(27)21-13-9-6-10-14-21;;;;/h5-11,13-22H,1-4H3;2*5-10,12-22H,1-4H3;5-13,15-18H,3-4H2,1-2H3;;;;/q4*-1;;;;. The normalized spacial score (nSPS) is 11.3. The Morgan fingerprint density at radius 2 is 0.590 bits per heavy atom. The van der Waals surface area contributed by atoms with Gasteiger partial charge in [-0.05, 0) is 211 Å². The van der Waals surface area contributed by atoms with Gasteiger partial charge in [-0.3, -0.25) is 19.9 Å². The van der Waals surface area contributed by atoms with E-state index in [1.165, 1.54) is 106 Å². The first-order valence-corrected chi connectivity index (χ1v) is 47.4. The minimum absolute atomic E-state index is 0. The van der Waals surface area contributed by atoms with Crippen LogP contribution in [0.15, 0.2) is 366 Å². The van der Waals surface area contributed by atoms with E-state index in [2.05, 4.69) is 363 Å². The number of aromatic nitrogens is 8. The van der Waals surface area contributed by atoms with E-state index in [4.69, 9.17) is 28.2 Å². The summed E-state index contributed by atoms with van der Waals surface area (Å²) < 4.78 is 27.6. The molecule has 7 aromatic heterocycles. The van der Waals surface area contributed by atoms with Crippen LogP contribution in [-0.4, -0.2) is 38.2 Å². The second-order valence-electron chi connectivity index (χ2n) is 36.6. The summed E-state index contributed by atoms with van der Waals surface area (Å²) in [5.41, 5.74) is 34.6. The molecular weight excluding hydrogens is 2420 g/mol. The number of furan rings is 3. The second-order valence-corrected chi connectivity index (χ2v) is 36.6. The fourth-order valence-corrected chi connectivity index (χ4v) is 19.2. The second kappa shape index (κ2) is 44.5. The van der Waals surface area contributed by atoms with Crippen molar-refractivity contribution in [1.82, 2.24) is 38.2 Å². The fourth-order valence-electron chi connectivity index (χ4n) is 19.2. The van der Waals surface area contributed by atoms with Crippen molar-refractivity contribution in [1.29, 1.82) is 0 Å². The zero-order chi connectivity index (χ0) is 93.1. The average Bonchev–Trinajstić information content (AvgIpc) is 1.67. The smallest absolute Gasteiger partial charge is 0.143 e. The Morgan fingerprint density at radius 1 is 0.252 bits per heavy atom. The first-order chi connectivity index (χ1) is 65.9. The summed E-state index contributed by atoms with van der Waals surface area (Å²) in [5.74, 6) is 5.66. The summed E-state index contributed by atoms with van der Waals surface area (Å²) in [7, 11) is 0. The van der Waals surface area contributed by atoms with Gasteiger partial charge in [-0.2, -0.15) is 0 Å². The van der Waals surface area contributed by atoms with Crippen LogP contribution in [0.3, 0.4) is 0 Å². The molecule has 0 fully saturated rings. The Morgan fingerprint density at radius 3 is 0.993 bits per heavy atom. The molecule has 0 N–H and O–H groups in total. The molecule has 0 atom stereocenters. The van der Waals surface area contributed by atoms with Crippen LogP contribution < -0.4 is 0 Å². The molecule has 22 aromatic rings. The van der Waals surface area contributed by atoms with Crippen molar-refractivity contribution in [2.75, 3.05) is 0 Å². The zero-order valence-corrected chi connectivity index (χ0v) is 90.1. The Labute approximate surface area is 869 Å². The van der Waals surface area contributed by atoms with Crippen LogP contribution in [0.2, 0.25) is 0 Å². The van der Waals surface area contributed by atoms with E-state index in [9.17, 15) is 0 Å². The summed E-state index contributed by atoms with van der Waals surface area (Å²) in [6.45, 7) is 31.6. The molecule has 0 aliphatic heterocycles. The van der Waals surface area contributed by atoms with Crippen molar-refractivity contribution < 1.29 is 93.7 Å². The van der Waals surface area contributed by atoms with E-state index in [1.807, 2.05) is 134 Å². The molecule has 15 aromatic carbocycles. The number of rotatable bonds is 20. The molecule has 22 rings (SSSR count). The molecule has 704 valence electrons. The summed E-state index contributed by atoms with van der Waals surface area (Å²) in [4.78, 5) is 18.8. The molecule has 11 nitrogen and oxygen atoms in total. The van der Waals surface area contributed by atoms with Crippen molar-refractivity contribution in [3.05, 3.63) is 422 Å². The number of aryl methyl sites for hydroxylation is 1. The van der Waals surface area contributed by atoms with E-state index in [1.54, 1.807) is 0 Å². The van der Waals surface area contributed by atoms with E-state index in [0.29, 0.717) is 35.5 Å². The Kier molecular flexibility index (Phi) is 32.2. The maximum atomic E-state index is 6.40. The molecular formula is C124H110Ir4N8O3-4. The van der Waals surface area contributed by atoms with Crippen molar-refractivity contribution in [2.45, 2.75) is 145 Å². The maximum Gasteiger partial charge on any atom is 0.143 e. The largest absolute Gasteiger partial charge is 0.456 e.